The Morgan fingerprint density at radius 1 is 1.36 bits per heavy atom. The van der Waals surface area contributed by atoms with Crippen LogP contribution in [-0.2, 0) is 25.7 Å². The molecular formula is C23H30N4O5S. The minimum atomic E-state index is -1.03. The largest absolute Gasteiger partial charge is 0.456 e. The molecule has 0 aromatic carbocycles. The summed E-state index contributed by atoms with van der Waals surface area (Å²) < 4.78 is 5.61. The van der Waals surface area contributed by atoms with Gasteiger partial charge in [0.05, 0.1) is 23.7 Å². The van der Waals surface area contributed by atoms with Crippen LogP contribution in [0.2, 0.25) is 0 Å². The topological polar surface area (TPSA) is 130 Å². The van der Waals surface area contributed by atoms with Crippen LogP contribution in [0, 0.1) is 5.92 Å². The monoisotopic (exact) mass is 474 g/mol. The van der Waals surface area contributed by atoms with Gasteiger partial charge in [-0.3, -0.25) is 19.6 Å². The van der Waals surface area contributed by atoms with Gasteiger partial charge in [-0.15, -0.1) is 11.8 Å². The fraction of sp³-hybridized carbons (Fsp3) is 0.522. The molecule has 0 unspecified atom stereocenters. The number of nitrogens with one attached hydrogen (secondary N) is 2. The number of amides is 2. The summed E-state index contributed by atoms with van der Waals surface area (Å²) in [5.41, 5.74) is 0.453. The zero-order valence-electron chi connectivity index (χ0n) is 19.0. The maximum Gasteiger partial charge on any atom is 0.329 e. The van der Waals surface area contributed by atoms with E-state index in [0.717, 1.165) is 5.56 Å². The van der Waals surface area contributed by atoms with Gasteiger partial charge in [-0.2, -0.15) is 0 Å². The molecule has 2 aliphatic rings. The van der Waals surface area contributed by atoms with Crippen LogP contribution in [0.5, 0.6) is 0 Å². The molecule has 9 nitrogen and oxygen atoms in total. The number of carbonyl (C=O) groups excluding carboxylic acids is 3. The van der Waals surface area contributed by atoms with Crippen molar-refractivity contribution in [3.8, 4) is 0 Å². The lowest BCUT2D eigenvalue weighted by Gasteiger charge is -2.27. The maximum absolute atomic E-state index is 13.2. The van der Waals surface area contributed by atoms with Crippen LogP contribution in [0.25, 0.3) is 0 Å². The molecule has 3 N–H and O–H groups in total. The summed E-state index contributed by atoms with van der Waals surface area (Å²) >= 11 is 1.47. The fourth-order valence-corrected chi connectivity index (χ4v) is 4.58. The quantitative estimate of drug-likeness (QED) is 0.444. The lowest BCUT2D eigenvalue weighted by Crippen LogP contribution is -2.53. The van der Waals surface area contributed by atoms with E-state index in [1.54, 1.807) is 25.3 Å². The second kappa shape index (κ2) is 10.9. The molecule has 33 heavy (non-hydrogen) atoms. The molecule has 0 aliphatic carbocycles. The minimum absolute atomic E-state index is 0.0604. The number of ether oxygens (including phenoxy) is 1. The van der Waals surface area contributed by atoms with Crippen molar-refractivity contribution in [3.63, 3.8) is 0 Å². The Bertz CT molecular complexity index is 964. The van der Waals surface area contributed by atoms with Gasteiger partial charge in [0.1, 0.15) is 17.7 Å². The van der Waals surface area contributed by atoms with Gasteiger partial charge >= 0.3 is 5.97 Å². The maximum atomic E-state index is 13.2. The highest BCUT2D eigenvalue weighted by Gasteiger charge is 2.41. The highest BCUT2D eigenvalue weighted by Crippen LogP contribution is 2.31. The average molecular weight is 475 g/mol. The highest BCUT2D eigenvalue weighted by molar-refractivity contribution is 8.14. The van der Waals surface area contributed by atoms with E-state index in [1.807, 2.05) is 26.0 Å². The van der Waals surface area contributed by atoms with Crippen molar-refractivity contribution < 1.29 is 24.2 Å². The Morgan fingerprint density at radius 2 is 2.15 bits per heavy atom. The number of hydrogen-bond donors (Lipinski definition) is 3. The van der Waals surface area contributed by atoms with Gasteiger partial charge in [0.2, 0.25) is 11.8 Å². The molecule has 1 aromatic heterocycles. The molecule has 0 radical (unpaired) electrons. The second-order valence-electron chi connectivity index (χ2n) is 8.61. The van der Waals surface area contributed by atoms with Gasteiger partial charge in [-0.05, 0) is 37.5 Å². The number of nitrogens with zero attached hydrogens (tertiary/aromatic N) is 2. The summed E-state index contributed by atoms with van der Waals surface area (Å²) in [5.74, 6) is -1.09. The Hall–Kier alpha value is -2.72. The highest BCUT2D eigenvalue weighted by atomic mass is 32.2. The van der Waals surface area contributed by atoms with Crippen LogP contribution in [0.3, 0.4) is 0 Å². The van der Waals surface area contributed by atoms with Crippen molar-refractivity contribution in [3.05, 3.63) is 41.7 Å². The molecule has 4 bridgehead atoms. The molecule has 3 heterocycles. The molecule has 10 heteroatoms. The normalized spacial score (nSPS) is 26.7. The van der Waals surface area contributed by atoms with Gasteiger partial charge < -0.3 is 20.5 Å². The van der Waals surface area contributed by atoms with Gasteiger partial charge in [0.25, 0.3) is 0 Å². The number of aliphatic imine (C=N–C) groups is 1. The van der Waals surface area contributed by atoms with Crippen molar-refractivity contribution in [2.75, 3.05) is 12.4 Å². The molecule has 3 rings (SSSR count). The first kappa shape index (κ1) is 24.9. The Balaban J connectivity index is 1.95. The zero-order valence-corrected chi connectivity index (χ0v) is 19.9. The molecule has 3 atom stereocenters. The van der Waals surface area contributed by atoms with E-state index in [9.17, 15) is 14.4 Å². The number of aliphatic hydroxyl groups excluding tert-OH is 1. The molecule has 0 spiro atoms. The lowest BCUT2D eigenvalue weighted by atomic mass is 10.00. The van der Waals surface area contributed by atoms with E-state index < -0.39 is 23.7 Å². The molecule has 2 aliphatic heterocycles. The van der Waals surface area contributed by atoms with E-state index in [1.165, 1.54) is 11.8 Å². The summed E-state index contributed by atoms with van der Waals surface area (Å²) in [6, 6.07) is 2.77. The van der Waals surface area contributed by atoms with Gasteiger partial charge in [-0.25, -0.2) is 4.79 Å². The fourth-order valence-electron chi connectivity index (χ4n) is 3.40. The van der Waals surface area contributed by atoms with Crippen molar-refractivity contribution in [1.82, 2.24) is 15.6 Å². The molecule has 178 valence electrons. The smallest absolute Gasteiger partial charge is 0.329 e. The molecule has 0 saturated carbocycles. The van der Waals surface area contributed by atoms with E-state index in [0.29, 0.717) is 22.9 Å². The summed E-state index contributed by atoms with van der Waals surface area (Å²) in [4.78, 5) is 47.7. The first-order chi connectivity index (χ1) is 15.7. The SMILES string of the molecule is CC(C)[C@@H]1NC(=O)[C@]2(C)CSC(=N2)c2ccnc(c2)CNC(=O)C[C@@H](/C=C/CCO)OC1=O. The predicted molar refractivity (Wildman–Crippen MR) is 126 cm³/mol. The van der Waals surface area contributed by atoms with Crippen LogP contribution in [-0.4, -0.2) is 63.0 Å². The van der Waals surface area contributed by atoms with Crippen LogP contribution < -0.4 is 10.6 Å². The summed E-state index contributed by atoms with van der Waals surface area (Å²) in [7, 11) is 0. The van der Waals surface area contributed by atoms with Crippen molar-refractivity contribution in [2.24, 2.45) is 10.9 Å². The van der Waals surface area contributed by atoms with Crippen LogP contribution in [0.15, 0.2) is 35.5 Å². The molecule has 0 fully saturated rings. The van der Waals surface area contributed by atoms with Crippen LogP contribution in [0.1, 0.15) is 44.9 Å². The number of cyclic esters (lactones) is 1. The Labute approximate surface area is 197 Å². The number of carbonyl (C=O) groups is 3. The summed E-state index contributed by atoms with van der Waals surface area (Å²) in [6.45, 7) is 5.52. The summed E-state index contributed by atoms with van der Waals surface area (Å²) in [5, 5.41) is 15.4. The van der Waals surface area contributed by atoms with Gasteiger partial charge in [0.15, 0.2) is 0 Å². The van der Waals surface area contributed by atoms with Crippen molar-refractivity contribution in [2.45, 2.75) is 57.8 Å². The number of hydrogen-bond acceptors (Lipinski definition) is 8. The standard InChI is InChI=1S/C23H30N4O5S/c1-14(2)19-21(30)32-17(6-4-5-9-28)11-18(29)25-12-16-10-15(7-8-24-16)20-27-23(3,13-33-20)22(31)26-19/h4,6-8,10,14,17,19,28H,5,9,11-13H2,1-3H3,(H,25,29)(H,26,31)/b6-4+/t17-,19+,23+/m1/s1. The third kappa shape index (κ3) is 6.42. The number of thioether (sulfide) groups is 1. The minimum Gasteiger partial charge on any atom is -0.456 e. The van der Waals surface area contributed by atoms with E-state index in [2.05, 4.69) is 20.6 Å². The van der Waals surface area contributed by atoms with Crippen molar-refractivity contribution in [1.29, 1.82) is 0 Å². The summed E-state index contributed by atoms with van der Waals surface area (Å²) in [6.07, 6.45) is 4.33. The third-order valence-corrected chi connectivity index (χ3v) is 6.67. The first-order valence-corrected chi connectivity index (χ1v) is 11.9. The van der Waals surface area contributed by atoms with Gasteiger partial charge in [0, 0.05) is 24.1 Å². The molecular weight excluding hydrogens is 444 g/mol. The number of aromatic nitrogens is 1. The van der Waals surface area contributed by atoms with Gasteiger partial charge in [-0.1, -0.05) is 19.9 Å². The molecule has 0 saturated heterocycles. The number of pyridine rings is 1. The Kier molecular flexibility index (Phi) is 8.25. The first-order valence-electron chi connectivity index (χ1n) is 11.0. The number of fused-ring (bicyclic) bond motifs is 4. The third-order valence-electron chi connectivity index (χ3n) is 5.37. The average Bonchev–Trinajstić information content (AvgIpc) is 3.19. The number of esters is 1. The van der Waals surface area contributed by atoms with Crippen LogP contribution >= 0.6 is 11.8 Å². The van der Waals surface area contributed by atoms with Crippen LogP contribution in [0.4, 0.5) is 0 Å². The van der Waals surface area contributed by atoms with E-state index >= 15 is 0 Å². The zero-order chi connectivity index (χ0) is 24.0. The van der Waals surface area contributed by atoms with Crippen molar-refractivity contribution >= 4 is 34.6 Å². The van der Waals surface area contributed by atoms with E-state index in [4.69, 9.17) is 9.84 Å². The molecule has 2 amide bonds. The Morgan fingerprint density at radius 3 is 2.88 bits per heavy atom. The molecule has 1 aromatic rings. The lowest BCUT2D eigenvalue weighted by molar-refractivity contribution is -0.153. The second-order valence-corrected chi connectivity index (χ2v) is 9.57. The number of aliphatic hydroxyl groups is 1. The number of rotatable bonds is 4. The predicted octanol–water partition coefficient (Wildman–Crippen LogP) is 1.34. The van der Waals surface area contributed by atoms with E-state index in [-0.39, 0.29) is 37.3 Å².